The SMILES string of the molecule is CC(N=C1NS(=O)(=O)c2ccccc21)C(=O)OCc1cn2ccccc2n1. The highest BCUT2D eigenvalue weighted by atomic mass is 32.2. The summed E-state index contributed by atoms with van der Waals surface area (Å²) in [6.07, 6.45) is 3.63. The van der Waals surface area contributed by atoms with Crippen LogP contribution < -0.4 is 4.72 Å². The first-order valence-electron chi connectivity index (χ1n) is 8.23. The summed E-state index contributed by atoms with van der Waals surface area (Å²) >= 11 is 0. The molecule has 27 heavy (non-hydrogen) atoms. The molecular weight excluding hydrogens is 368 g/mol. The Balaban J connectivity index is 1.47. The highest BCUT2D eigenvalue weighted by molar-refractivity contribution is 7.90. The number of nitrogens with zero attached hydrogens (tertiary/aromatic N) is 3. The number of imidazole rings is 1. The Labute approximate surface area is 155 Å². The molecule has 8 nitrogen and oxygen atoms in total. The quantitative estimate of drug-likeness (QED) is 0.687. The topological polar surface area (TPSA) is 102 Å². The van der Waals surface area contributed by atoms with Gasteiger partial charge in [0.2, 0.25) is 0 Å². The average molecular weight is 384 g/mol. The molecule has 3 heterocycles. The third kappa shape index (κ3) is 3.28. The van der Waals surface area contributed by atoms with Crippen LogP contribution in [0.3, 0.4) is 0 Å². The predicted molar refractivity (Wildman–Crippen MR) is 97.8 cm³/mol. The zero-order valence-electron chi connectivity index (χ0n) is 14.4. The van der Waals surface area contributed by atoms with Gasteiger partial charge in [0.25, 0.3) is 10.0 Å². The van der Waals surface area contributed by atoms with Gasteiger partial charge in [-0.25, -0.2) is 18.2 Å². The molecule has 1 aliphatic rings. The molecule has 9 heteroatoms. The first-order chi connectivity index (χ1) is 12.9. The minimum Gasteiger partial charge on any atom is -0.458 e. The van der Waals surface area contributed by atoms with Gasteiger partial charge in [-0.05, 0) is 31.2 Å². The summed E-state index contributed by atoms with van der Waals surface area (Å²) in [6.45, 7) is 1.56. The molecule has 2 aromatic heterocycles. The number of sulfonamides is 1. The van der Waals surface area contributed by atoms with Crippen LogP contribution in [0.15, 0.2) is 64.7 Å². The number of pyridine rings is 1. The maximum atomic E-state index is 12.3. The molecule has 1 aromatic carbocycles. The molecule has 4 rings (SSSR count). The number of aliphatic imine (C=N–C) groups is 1. The number of fused-ring (bicyclic) bond motifs is 2. The van der Waals surface area contributed by atoms with E-state index in [4.69, 9.17) is 4.74 Å². The van der Waals surface area contributed by atoms with Gasteiger partial charge in [0, 0.05) is 18.0 Å². The van der Waals surface area contributed by atoms with Crippen molar-refractivity contribution in [2.75, 3.05) is 0 Å². The van der Waals surface area contributed by atoms with Crippen LogP contribution in [-0.4, -0.2) is 35.6 Å². The number of aromatic nitrogens is 2. The first-order valence-corrected chi connectivity index (χ1v) is 9.71. The standard InChI is InChI=1S/C18H16N4O4S/c1-12(19-17-14-6-2-3-7-15(14)27(24,25)21-17)18(23)26-11-13-10-22-9-5-4-8-16(22)20-13/h2-10,12H,11H2,1H3,(H,19,21). The largest absolute Gasteiger partial charge is 0.458 e. The minimum atomic E-state index is -3.64. The lowest BCUT2D eigenvalue weighted by atomic mass is 10.2. The smallest absolute Gasteiger partial charge is 0.331 e. The van der Waals surface area contributed by atoms with Crippen LogP contribution in [-0.2, 0) is 26.2 Å². The van der Waals surface area contributed by atoms with Crippen molar-refractivity contribution in [2.24, 2.45) is 4.99 Å². The molecule has 3 aromatic rings. The van der Waals surface area contributed by atoms with Crippen LogP contribution in [0, 0.1) is 0 Å². The molecule has 1 atom stereocenters. The molecule has 1 unspecified atom stereocenters. The van der Waals surface area contributed by atoms with Gasteiger partial charge >= 0.3 is 5.97 Å². The summed E-state index contributed by atoms with van der Waals surface area (Å²) in [4.78, 5) is 20.9. The number of amidine groups is 1. The second kappa shape index (κ2) is 6.51. The maximum Gasteiger partial charge on any atom is 0.331 e. The van der Waals surface area contributed by atoms with E-state index in [1.807, 2.05) is 28.8 Å². The summed E-state index contributed by atoms with van der Waals surface area (Å²) in [7, 11) is -3.64. The number of rotatable bonds is 4. The number of hydrogen-bond donors (Lipinski definition) is 1. The van der Waals surface area contributed by atoms with Crippen LogP contribution in [0.2, 0.25) is 0 Å². The second-order valence-corrected chi connectivity index (χ2v) is 7.71. The number of hydrogen-bond acceptors (Lipinski definition) is 6. The number of carbonyl (C=O) groups is 1. The van der Waals surface area contributed by atoms with Crippen LogP contribution in [0.4, 0.5) is 0 Å². The Hall–Kier alpha value is -3.20. The molecule has 0 amide bonds. The lowest BCUT2D eigenvalue weighted by Crippen LogP contribution is -2.26. The molecule has 0 aliphatic carbocycles. The summed E-state index contributed by atoms with van der Waals surface area (Å²) < 4.78 is 33.7. The van der Waals surface area contributed by atoms with Gasteiger partial charge < -0.3 is 9.14 Å². The van der Waals surface area contributed by atoms with Gasteiger partial charge in [-0.2, -0.15) is 0 Å². The zero-order valence-corrected chi connectivity index (χ0v) is 15.2. The number of nitrogens with one attached hydrogen (secondary N) is 1. The number of benzene rings is 1. The van der Waals surface area contributed by atoms with Crippen LogP contribution in [0.25, 0.3) is 5.65 Å². The fraction of sp³-hybridized carbons (Fsp3) is 0.167. The van der Waals surface area contributed by atoms with E-state index in [0.29, 0.717) is 11.3 Å². The molecule has 1 N–H and O–H groups in total. The van der Waals surface area contributed by atoms with Crippen molar-refractivity contribution >= 4 is 27.5 Å². The Bertz CT molecular complexity index is 1130. The lowest BCUT2D eigenvalue weighted by molar-refractivity contribution is -0.146. The normalized spacial score (nSPS) is 17.4. The van der Waals surface area contributed by atoms with Crippen molar-refractivity contribution in [1.29, 1.82) is 0 Å². The highest BCUT2D eigenvalue weighted by Crippen LogP contribution is 2.22. The van der Waals surface area contributed by atoms with Gasteiger partial charge in [0.05, 0.1) is 10.6 Å². The van der Waals surface area contributed by atoms with Crippen molar-refractivity contribution in [3.8, 4) is 0 Å². The molecule has 0 saturated carbocycles. The van der Waals surface area contributed by atoms with Gasteiger partial charge in [0.15, 0.2) is 0 Å². The van der Waals surface area contributed by atoms with E-state index < -0.39 is 22.0 Å². The molecule has 0 spiro atoms. The first kappa shape index (κ1) is 17.2. The molecule has 0 saturated heterocycles. The minimum absolute atomic E-state index is 0.0119. The molecule has 1 aliphatic heterocycles. The number of esters is 1. The van der Waals surface area contributed by atoms with E-state index in [-0.39, 0.29) is 17.3 Å². The monoisotopic (exact) mass is 384 g/mol. The van der Waals surface area contributed by atoms with Crippen molar-refractivity contribution in [3.05, 3.63) is 66.1 Å². The predicted octanol–water partition coefficient (Wildman–Crippen LogP) is 1.50. The Morgan fingerprint density at radius 3 is 2.85 bits per heavy atom. The van der Waals surface area contributed by atoms with E-state index >= 15 is 0 Å². The fourth-order valence-corrected chi connectivity index (χ4v) is 4.04. The number of ether oxygens (including phenoxy) is 1. The zero-order chi connectivity index (χ0) is 19.0. The molecular formula is C18H16N4O4S. The molecule has 0 bridgehead atoms. The van der Waals surface area contributed by atoms with Crippen LogP contribution in [0.1, 0.15) is 18.2 Å². The Morgan fingerprint density at radius 1 is 1.26 bits per heavy atom. The Kier molecular flexibility index (Phi) is 4.15. The summed E-state index contributed by atoms with van der Waals surface area (Å²) in [5, 5.41) is 0. The van der Waals surface area contributed by atoms with E-state index in [9.17, 15) is 13.2 Å². The van der Waals surface area contributed by atoms with E-state index in [1.165, 1.54) is 6.07 Å². The van der Waals surface area contributed by atoms with Gasteiger partial charge in [-0.3, -0.25) is 9.71 Å². The van der Waals surface area contributed by atoms with Crippen molar-refractivity contribution in [3.63, 3.8) is 0 Å². The third-order valence-corrected chi connectivity index (χ3v) is 5.50. The van der Waals surface area contributed by atoms with Crippen LogP contribution in [0.5, 0.6) is 0 Å². The molecule has 0 fully saturated rings. The highest BCUT2D eigenvalue weighted by Gasteiger charge is 2.31. The second-order valence-electron chi connectivity index (χ2n) is 6.06. The average Bonchev–Trinajstić information content (AvgIpc) is 3.18. The summed E-state index contributed by atoms with van der Waals surface area (Å²) in [6, 6.07) is 11.2. The van der Waals surface area contributed by atoms with Crippen molar-refractivity contribution < 1.29 is 17.9 Å². The van der Waals surface area contributed by atoms with Gasteiger partial charge in [-0.15, -0.1) is 0 Å². The molecule has 138 valence electrons. The maximum absolute atomic E-state index is 12.3. The van der Waals surface area contributed by atoms with Crippen molar-refractivity contribution in [2.45, 2.75) is 24.5 Å². The van der Waals surface area contributed by atoms with Gasteiger partial charge in [-0.1, -0.05) is 18.2 Å². The molecule has 0 radical (unpaired) electrons. The lowest BCUT2D eigenvalue weighted by Gasteiger charge is -2.08. The van der Waals surface area contributed by atoms with Gasteiger partial charge in [0.1, 0.15) is 24.1 Å². The van der Waals surface area contributed by atoms with Crippen LogP contribution >= 0.6 is 0 Å². The fourth-order valence-electron chi connectivity index (χ4n) is 2.80. The third-order valence-electron chi connectivity index (χ3n) is 4.10. The Morgan fingerprint density at radius 2 is 2.04 bits per heavy atom. The summed E-state index contributed by atoms with van der Waals surface area (Å²) in [5.74, 6) is -0.425. The van der Waals surface area contributed by atoms with E-state index in [1.54, 1.807) is 31.3 Å². The van der Waals surface area contributed by atoms with E-state index in [2.05, 4.69) is 14.7 Å². The van der Waals surface area contributed by atoms with E-state index in [0.717, 1.165) is 5.65 Å². The summed E-state index contributed by atoms with van der Waals surface area (Å²) in [5.41, 5.74) is 1.81. The van der Waals surface area contributed by atoms with Crippen molar-refractivity contribution in [1.82, 2.24) is 14.1 Å². The number of carbonyl (C=O) groups excluding carboxylic acids is 1.